The summed E-state index contributed by atoms with van der Waals surface area (Å²) in [7, 11) is 0. The molecule has 0 aliphatic heterocycles. The van der Waals surface area contributed by atoms with Crippen molar-refractivity contribution in [1.29, 1.82) is 0 Å². The number of hydrogen-bond donors (Lipinski definition) is 1. The first-order chi connectivity index (χ1) is 10.9. The summed E-state index contributed by atoms with van der Waals surface area (Å²) in [5.74, 6) is -1.09. The standard InChI is InChI=1S/C15H14Br2O6/c1-3-21-10(18)6-9-12(15(20)22-4-2)11-8(23-9)5-7(16)14(19)13(11)17/h5,19H,3-4,6H2,1-2H3. The van der Waals surface area contributed by atoms with E-state index in [2.05, 4.69) is 31.9 Å². The van der Waals surface area contributed by atoms with Gasteiger partial charge in [0, 0.05) is 0 Å². The molecule has 1 aromatic carbocycles. The molecule has 8 heteroatoms. The Morgan fingerprint density at radius 1 is 1.22 bits per heavy atom. The van der Waals surface area contributed by atoms with Gasteiger partial charge in [0.05, 0.1) is 27.5 Å². The molecule has 0 fully saturated rings. The summed E-state index contributed by atoms with van der Waals surface area (Å²) >= 11 is 6.44. The molecule has 0 aliphatic carbocycles. The maximum atomic E-state index is 12.3. The maximum Gasteiger partial charge on any atom is 0.342 e. The summed E-state index contributed by atoms with van der Waals surface area (Å²) in [4.78, 5) is 24.0. The molecule has 0 aliphatic rings. The first-order valence-electron chi connectivity index (χ1n) is 6.85. The number of benzene rings is 1. The van der Waals surface area contributed by atoms with Crippen LogP contribution in [-0.4, -0.2) is 30.3 Å². The molecule has 124 valence electrons. The molecule has 0 saturated heterocycles. The molecule has 1 aromatic heterocycles. The number of carbonyl (C=O) groups excluding carboxylic acids is 2. The smallest absolute Gasteiger partial charge is 0.342 e. The van der Waals surface area contributed by atoms with Gasteiger partial charge in [-0.25, -0.2) is 4.79 Å². The highest BCUT2D eigenvalue weighted by Crippen LogP contribution is 2.42. The molecule has 0 bridgehead atoms. The average molecular weight is 450 g/mol. The first-order valence-corrected chi connectivity index (χ1v) is 8.44. The number of aromatic hydroxyl groups is 1. The fourth-order valence-electron chi connectivity index (χ4n) is 2.11. The molecule has 0 saturated carbocycles. The molecule has 0 atom stereocenters. The van der Waals surface area contributed by atoms with E-state index in [9.17, 15) is 14.7 Å². The topological polar surface area (TPSA) is 86.0 Å². The van der Waals surface area contributed by atoms with Crippen LogP contribution in [0.25, 0.3) is 11.0 Å². The minimum Gasteiger partial charge on any atom is -0.506 e. The van der Waals surface area contributed by atoms with Gasteiger partial charge < -0.3 is 19.0 Å². The number of rotatable bonds is 5. The quantitative estimate of drug-likeness (QED) is 0.695. The van der Waals surface area contributed by atoms with Crippen LogP contribution in [0.4, 0.5) is 0 Å². The number of esters is 2. The van der Waals surface area contributed by atoms with Gasteiger partial charge in [-0.1, -0.05) is 0 Å². The van der Waals surface area contributed by atoms with E-state index in [0.717, 1.165) is 0 Å². The van der Waals surface area contributed by atoms with Gasteiger partial charge in [-0.05, 0) is 51.8 Å². The number of hydrogen-bond acceptors (Lipinski definition) is 6. The fraction of sp³-hybridized carbons (Fsp3) is 0.333. The van der Waals surface area contributed by atoms with Crippen molar-refractivity contribution in [1.82, 2.24) is 0 Å². The second-order valence-electron chi connectivity index (χ2n) is 4.50. The van der Waals surface area contributed by atoms with Gasteiger partial charge in [-0.3, -0.25) is 4.79 Å². The Morgan fingerprint density at radius 3 is 2.48 bits per heavy atom. The van der Waals surface area contributed by atoms with Gasteiger partial charge in [0.25, 0.3) is 0 Å². The third-order valence-corrected chi connectivity index (χ3v) is 4.39. The van der Waals surface area contributed by atoms with Crippen LogP contribution in [-0.2, 0) is 20.7 Å². The van der Waals surface area contributed by atoms with Crippen LogP contribution >= 0.6 is 31.9 Å². The van der Waals surface area contributed by atoms with E-state index in [0.29, 0.717) is 15.4 Å². The van der Waals surface area contributed by atoms with Crippen molar-refractivity contribution >= 4 is 54.8 Å². The van der Waals surface area contributed by atoms with Crippen LogP contribution in [0.2, 0.25) is 0 Å². The highest BCUT2D eigenvalue weighted by molar-refractivity contribution is 9.11. The zero-order valence-corrected chi connectivity index (χ0v) is 15.6. The van der Waals surface area contributed by atoms with Gasteiger partial charge in [0.2, 0.25) is 0 Å². The number of carbonyl (C=O) groups is 2. The molecule has 2 aromatic rings. The Bertz CT molecular complexity index is 765. The van der Waals surface area contributed by atoms with E-state index in [-0.39, 0.29) is 41.2 Å². The predicted octanol–water partition coefficient (Wildman–Crippen LogP) is 3.95. The number of ether oxygens (including phenoxy) is 2. The molecule has 0 radical (unpaired) electrons. The lowest BCUT2D eigenvalue weighted by molar-refractivity contribution is -0.142. The van der Waals surface area contributed by atoms with Crippen molar-refractivity contribution in [3.63, 3.8) is 0 Å². The molecule has 1 heterocycles. The lowest BCUT2D eigenvalue weighted by atomic mass is 10.1. The Balaban J connectivity index is 2.65. The summed E-state index contributed by atoms with van der Waals surface area (Å²) < 4.78 is 16.2. The van der Waals surface area contributed by atoms with Crippen LogP contribution in [0.3, 0.4) is 0 Å². The molecule has 1 N–H and O–H groups in total. The molecule has 2 rings (SSSR count). The van der Waals surface area contributed by atoms with Gasteiger partial charge in [-0.15, -0.1) is 0 Å². The molecule has 0 spiro atoms. The average Bonchev–Trinajstić information content (AvgIpc) is 2.83. The Kier molecular flexibility index (Phi) is 5.69. The largest absolute Gasteiger partial charge is 0.506 e. The summed E-state index contributed by atoms with van der Waals surface area (Å²) in [6.07, 6.45) is -0.207. The van der Waals surface area contributed by atoms with Gasteiger partial charge >= 0.3 is 11.9 Å². The molecule has 0 amide bonds. The Morgan fingerprint density at radius 2 is 1.87 bits per heavy atom. The predicted molar refractivity (Wildman–Crippen MR) is 89.6 cm³/mol. The van der Waals surface area contributed by atoms with Crippen LogP contribution in [0.1, 0.15) is 30.0 Å². The van der Waals surface area contributed by atoms with E-state index in [1.807, 2.05) is 0 Å². The summed E-state index contributed by atoms with van der Waals surface area (Å²) in [5.41, 5.74) is 0.438. The van der Waals surface area contributed by atoms with Crippen molar-refractivity contribution in [3.05, 3.63) is 26.3 Å². The number of furan rings is 1. The molecular weight excluding hydrogens is 436 g/mol. The third kappa shape index (κ3) is 3.53. The second-order valence-corrected chi connectivity index (χ2v) is 6.14. The lowest BCUT2D eigenvalue weighted by Crippen LogP contribution is -2.12. The highest BCUT2D eigenvalue weighted by atomic mass is 79.9. The molecule has 6 nitrogen and oxygen atoms in total. The van der Waals surface area contributed by atoms with Gasteiger partial charge in [0.15, 0.2) is 0 Å². The van der Waals surface area contributed by atoms with Crippen molar-refractivity contribution in [2.24, 2.45) is 0 Å². The fourth-order valence-corrected chi connectivity index (χ4v) is 3.39. The van der Waals surface area contributed by atoms with Crippen molar-refractivity contribution < 1.29 is 28.6 Å². The van der Waals surface area contributed by atoms with Crippen LogP contribution in [0.15, 0.2) is 19.4 Å². The van der Waals surface area contributed by atoms with E-state index < -0.39 is 11.9 Å². The van der Waals surface area contributed by atoms with Crippen molar-refractivity contribution in [2.45, 2.75) is 20.3 Å². The van der Waals surface area contributed by atoms with E-state index >= 15 is 0 Å². The van der Waals surface area contributed by atoms with Crippen LogP contribution in [0.5, 0.6) is 5.75 Å². The van der Waals surface area contributed by atoms with E-state index in [1.54, 1.807) is 13.8 Å². The summed E-state index contributed by atoms with van der Waals surface area (Å²) in [6, 6.07) is 1.52. The second kappa shape index (κ2) is 7.35. The first kappa shape index (κ1) is 17.8. The zero-order chi connectivity index (χ0) is 17.1. The molecule has 23 heavy (non-hydrogen) atoms. The Hall–Kier alpha value is -1.54. The van der Waals surface area contributed by atoms with Gasteiger partial charge in [-0.2, -0.15) is 0 Å². The third-order valence-electron chi connectivity index (χ3n) is 3.01. The monoisotopic (exact) mass is 448 g/mol. The van der Waals surface area contributed by atoms with E-state index in [4.69, 9.17) is 13.9 Å². The van der Waals surface area contributed by atoms with Gasteiger partial charge in [0.1, 0.15) is 29.1 Å². The lowest BCUT2D eigenvalue weighted by Gasteiger charge is -2.05. The van der Waals surface area contributed by atoms with E-state index in [1.165, 1.54) is 6.07 Å². The SMILES string of the molecule is CCOC(=O)Cc1oc2cc(Br)c(O)c(Br)c2c1C(=O)OCC. The molecular formula is C15H14Br2O6. The maximum absolute atomic E-state index is 12.3. The number of halogens is 2. The van der Waals surface area contributed by atoms with Crippen LogP contribution < -0.4 is 0 Å². The highest BCUT2D eigenvalue weighted by Gasteiger charge is 2.27. The minimum atomic E-state index is -0.632. The van der Waals surface area contributed by atoms with Crippen molar-refractivity contribution in [3.8, 4) is 5.75 Å². The number of phenolic OH excluding ortho intramolecular Hbond substituents is 1. The summed E-state index contributed by atoms with van der Waals surface area (Å²) in [5, 5.41) is 10.4. The minimum absolute atomic E-state index is 0.0773. The normalized spacial score (nSPS) is 10.8. The Labute approximate surface area is 149 Å². The zero-order valence-electron chi connectivity index (χ0n) is 12.4. The number of fused-ring (bicyclic) bond motifs is 1. The molecule has 0 unspecified atom stereocenters. The number of phenols is 1. The van der Waals surface area contributed by atoms with Crippen LogP contribution in [0, 0.1) is 0 Å². The summed E-state index contributed by atoms with van der Waals surface area (Å²) in [6.45, 7) is 3.76. The van der Waals surface area contributed by atoms with Crippen molar-refractivity contribution in [2.75, 3.05) is 13.2 Å².